The first-order chi connectivity index (χ1) is 9.24. The molecule has 2 amide bonds. The summed E-state index contributed by atoms with van der Waals surface area (Å²) in [7, 11) is 0. The minimum absolute atomic E-state index is 0.147. The molecule has 0 atom stereocenters. The van der Waals surface area contributed by atoms with Crippen molar-refractivity contribution < 1.29 is 4.79 Å². The average Bonchev–Trinajstić information content (AvgIpc) is 2.91. The quantitative estimate of drug-likeness (QED) is 0.871. The molecule has 0 aliphatic rings. The van der Waals surface area contributed by atoms with Gasteiger partial charge >= 0.3 is 6.03 Å². The van der Waals surface area contributed by atoms with Gasteiger partial charge in [0.2, 0.25) is 0 Å². The Balaban J connectivity index is 1.65. The molecule has 0 radical (unpaired) electrons. The van der Waals surface area contributed by atoms with Gasteiger partial charge in [-0.2, -0.15) is 0 Å². The Morgan fingerprint density at radius 1 is 1.16 bits per heavy atom. The van der Waals surface area contributed by atoms with Gasteiger partial charge in [0, 0.05) is 23.0 Å². The normalized spacial score (nSPS) is 10.2. The molecule has 0 spiro atoms. The fourth-order valence-corrected chi connectivity index (χ4v) is 2.44. The van der Waals surface area contributed by atoms with Crippen molar-refractivity contribution >= 4 is 29.0 Å². The fourth-order valence-electron chi connectivity index (χ4n) is 1.60. The number of rotatable bonds is 5. The Morgan fingerprint density at radius 2 is 1.95 bits per heavy atom. The molecule has 0 aliphatic carbocycles. The number of carbonyl (C=O) groups is 1. The lowest BCUT2D eigenvalue weighted by atomic mass is 10.2. The molecule has 5 heteroatoms. The number of carbonyl (C=O) groups excluding carboxylic acids is 1. The number of thiophene rings is 1. The number of amides is 2. The van der Waals surface area contributed by atoms with E-state index in [1.165, 1.54) is 4.88 Å². The van der Waals surface area contributed by atoms with Gasteiger partial charge in [0.25, 0.3) is 0 Å². The van der Waals surface area contributed by atoms with Crippen LogP contribution < -0.4 is 10.6 Å². The third-order valence-electron chi connectivity index (χ3n) is 2.60. The van der Waals surface area contributed by atoms with Crippen LogP contribution in [-0.4, -0.2) is 12.6 Å². The lowest BCUT2D eigenvalue weighted by Gasteiger charge is -2.07. The van der Waals surface area contributed by atoms with Gasteiger partial charge in [-0.15, -0.1) is 11.3 Å². The zero-order valence-corrected chi connectivity index (χ0v) is 11.9. The van der Waals surface area contributed by atoms with E-state index in [0.29, 0.717) is 18.1 Å². The minimum atomic E-state index is -0.147. The highest BCUT2D eigenvalue weighted by atomic mass is 35.5. The molecule has 100 valence electrons. The molecule has 0 unspecified atom stereocenters. The monoisotopic (exact) mass is 294 g/mol. The second-order valence-electron chi connectivity index (χ2n) is 4.07. The molecular formula is C14H15ClN2OS. The van der Waals surface area contributed by atoms with Crippen LogP contribution in [0.3, 0.4) is 0 Å². The Bertz CT molecular complexity index is 511. The van der Waals surface area contributed by atoms with E-state index in [0.717, 1.165) is 12.0 Å². The Morgan fingerprint density at radius 3 is 2.63 bits per heavy atom. The first kappa shape index (κ1) is 13.9. The number of halogens is 1. The number of urea groups is 1. The van der Waals surface area contributed by atoms with Crippen LogP contribution in [0.2, 0.25) is 5.02 Å². The van der Waals surface area contributed by atoms with Crippen molar-refractivity contribution in [2.24, 2.45) is 0 Å². The van der Waals surface area contributed by atoms with E-state index in [9.17, 15) is 4.79 Å². The Hall–Kier alpha value is -1.52. The molecule has 1 aromatic carbocycles. The smallest absolute Gasteiger partial charge is 0.315 e. The van der Waals surface area contributed by atoms with Gasteiger partial charge in [0.15, 0.2) is 0 Å². The molecule has 0 bridgehead atoms. The van der Waals surface area contributed by atoms with Crippen LogP contribution in [0.4, 0.5) is 4.79 Å². The summed E-state index contributed by atoms with van der Waals surface area (Å²) >= 11 is 7.49. The first-order valence-electron chi connectivity index (χ1n) is 6.02. The van der Waals surface area contributed by atoms with E-state index in [1.807, 2.05) is 35.7 Å². The van der Waals surface area contributed by atoms with E-state index >= 15 is 0 Å². The maximum atomic E-state index is 11.6. The largest absolute Gasteiger partial charge is 0.338 e. The predicted molar refractivity (Wildman–Crippen MR) is 79.7 cm³/mol. The maximum Gasteiger partial charge on any atom is 0.315 e. The zero-order valence-electron chi connectivity index (χ0n) is 10.4. The summed E-state index contributed by atoms with van der Waals surface area (Å²) < 4.78 is 0. The van der Waals surface area contributed by atoms with Crippen molar-refractivity contribution in [1.82, 2.24) is 10.6 Å². The lowest BCUT2D eigenvalue weighted by molar-refractivity contribution is 0.240. The van der Waals surface area contributed by atoms with E-state index in [2.05, 4.69) is 16.7 Å². The standard InChI is InChI=1S/C14H15ClN2OS/c15-12-5-3-11(4-6-12)10-17-14(18)16-8-7-13-2-1-9-19-13/h1-6,9H,7-8,10H2,(H2,16,17,18). The van der Waals surface area contributed by atoms with Crippen molar-refractivity contribution in [1.29, 1.82) is 0 Å². The zero-order chi connectivity index (χ0) is 13.5. The molecule has 1 heterocycles. The molecule has 0 saturated heterocycles. The van der Waals surface area contributed by atoms with E-state index < -0.39 is 0 Å². The lowest BCUT2D eigenvalue weighted by Crippen LogP contribution is -2.36. The van der Waals surface area contributed by atoms with Gasteiger partial charge in [0.1, 0.15) is 0 Å². The van der Waals surface area contributed by atoms with Gasteiger partial charge in [-0.25, -0.2) is 4.79 Å². The van der Waals surface area contributed by atoms with Crippen LogP contribution in [0.25, 0.3) is 0 Å². The average molecular weight is 295 g/mol. The highest BCUT2D eigenvalue weighted by Crippen LogP contribution is 2.09. The molecule has 1 aromatic heterocycles. The predicted octanol–water partition coefficient (Wildman–Crippen LogP) is 3.44. The van der Waals surface area contributed by atoms with Crippen LogP contribution in [0.1, 0.15) is 10.4 Å². The fraction of sp³-hybridized carbons (Fsp3) is 0.214. The van der Waals surface area contributed by atoms with Gasteiger partial charge in [-0.05, 0) is 35.6 Å². The number of hydrogen-bond donors (Lipinski definition) is 2. The van der Waals surface area contributed by atoms with E-state index in [4.69, 9.17) is 11.6 Å². The molecule has 0 fully saturated rings. The summed E-state index contributed by atoms with van der Waals surface area (Å²) in [6.07, 6.45) is 0.867. The van der Waals surface area contributed by atoms with E-state index in [-0.39, 0.29) is 6.03 Å². The number of benzene rings is 1. The summed E-state index contributed by atoms with van der Waals surface area (Å²) in [6.45, 7) is 1.15. The van der Waals surface area contributed by atoms with Crippen molar-refractivity contribution in [3.05, 3.63) is 57.2 Å². The summed E-state index contributed by atoms with van der Waals surface area (Å²) in [5, 5.41) is 8.38. The van der Waals surface area contributed by atoms with Crippen LogP contribution in [-0.2, 0) is 13.0 Å². The second kappa shape index (κ2) is 7.16. The van der Waals surface area contributed by atoms with Gasteiger partial charge in [-0.1, -0.05) is 29.8 Å². The van der Waals surface area contributed by atoms with Crippen molar-refractivity contribution in [2.45, 2.75) is 13.0 Å². The highest BCUT2D eigenvalue weighted by molar-refractivity contribution is 7.09. The number of hydrogen-bond acceptors (Lipinski definition) is 2. The third kappa shape index (κ3) is 4.93. The molecular weight excluding hydrogens is 280 g/mol. The molecule has 2 N–H and O–H groups in total. The Kier molecular flexibility index (Phi) is 5.24. The molecule has 3 nitrogen and oxygen atoms in total. The first-order valence-corrected chi connectivity index (χ1v) is 7.28. The maximum absolute atomic E-state index is 11.6. The van der Waals surface area contributed by atoms with Crippen molar-refractivity contribution in [3.8, 4) is 0 Å². The molecule has 0 aliphatic heterocycles. The summed E-state index contributed by atoms with van der Waals surface area (Å²) in [5.74, 6) is 0. The second-order valence-corrected chi connectivity index (χ2v) is 5.53. The van der Waals surface area contributed by atoms with Gasteiger partial charge < -0.3 is 10.6 Å². The Labute approximate surface area is 121 Å². The molecule has 19 heavy (non-hydrogen) atoms. The topological polar surface area (TPSA) is 41.1 Å². The minimum Gasteiger partial charge on any atom is -0.338 e. The van der Waals surface area contributed by atoms with Crippen LogP contribution in [0.15, 0.2) is 41.8 Å². The van der Waals surface area contributed by atoms with Crippen molar-refractivity contribution in [2.75, 3.05) is 6.54 Å². The van der Waals surface area contributed by atoms with Crippen LogP contribution in [0, 0.1) is 0 Å². The third-order valence-corrected chi connectivity index (χ3v) is 3.79. The molecule has 2 rings (SSSR count). The van der Waals surface area contributed by atoms with Crippen molar-refractivity contribution in [3.63, 3.8) is 0 Å². The summed E-state index contributed by atoms with van der Waals surface area (Å²) in [5.41, 5.74) is 1.03. The van der Waals surface area contributed by atoms with Gasteiger partial charge in [-0.3, -0.25) is 0 Å². The van der Waals surface area contributed by atoms with Gasteiger partial charge in [0.05, 0.1) is 0 Å². The number of nitrogens with one attached hydrogen (secondary N) is 2. The summed E-state index contributed by atoms with van der Waals surface area (Å²) in [4.78, 5) is 12.8. The van der Waals surface area contributed by atoms with E-state index in [1.54, 1.807) is 11.3 Å². The van der Waals surface area contributed by atoms with Crippen LogP contribution >= 0.6 is 22.9 Å². The highest BCUT2D eigenvalue weighted by Gasteiger charge is 2.00. The molecule has 2 aromatic rings. The SMILES string of the molecule is O=C(NCCc1cccs1)NCc1ccc(Cl)cc1. The molecule has 0 saturated carbocycles. The van der Waals surface area contributed by atoms with Crippen LogP contribution in [0.5, 0.6) is 0 Å². The summed E-state index contributed by atoms with van der Waals surface area (Å²) in [6, 6.07) is 11.4.